The van der Waals surface area contributed by atoms with Crippen LogP contribution < -0.4 is 0 Å². The SMILES string of the molecule is CC(C)C(O)Cc1nc(C2CSCCN2C)no1. The van der Waals surface area contributed by atoms with Crippen molar-refractivity contribution in [2.75, 3.05) is 25.1 Å². The van der Waals surface area contributed by atoms with Gasteiger partial charge in [-0.1, -0.05) is 19.0 Å². The summed E-state index contributed by atoms with van der Waals surface area (Å²) in [7, 11) is 2.09. The quantitative estimate of drug-likeness (QED) is 0.892. The van der Waals surface area contributed by atoms with Crippen molar-refractivity contribution in [3.63, 3.8) is 0 Å². The van der Waals surface area contributed by atoms with Crippen LogP contribution in [0.2, 0.25) is 0 Å². The molecule has 0 radical (unpaired) electrons. The number of thioether (sulfide) groups is 1. The molecule has 1 aliphatic heterocycles. The molecule has 1 aromatic heterocycles. The Kier molecular flexibility index (Phi) is 4.64. The Balaban J connectivity index is 2.01. The highest BCUT2D eigenvalue weighted by Crippen LogP contribution is 2.26. The van der Waals surface area contributed by atoms with Crippen molar-refractivity contribution in [3.05, 3.63) is 11.7 Å². The molecule has 1 aromatic rings. The van der Waals surface area contributed by atoms with Gasteiger partial charge in [0.15, 0.2) is 5.82 Å². The molecule has 102 valence electrons. The molecule has 1 saturated heterocycles. The van der Waals surface area contributed by atoms with Crippen molar-refractivity contribution in [2.24, 2.45) is 5.92 Å². The molecule has 0 spiro atoms. The van der Waals surface area contributed by atoms with Crippen LogP contribution in [0.4, 0.5) is 0 Å². The van der Waals surface area contributed by atoms with E-state index in [1.165, 1.54) is 0 Å². The molecular weight excluding hydrogens is 250 g/mol. The average Bonchev–Trinajstić information content (AvgIpc) is 2.77. The Labute approximate surface area is 112 Å². The number of hydrogen-bond acceptors (Lipinski definition) is 6. The highest BCUT2D eigenvalue weighted by atomic mass is 32.2. The summed E-state index contributed by atoms with van der Waals surface area (Å²) in [5.74, 6) is 3.64. The summed E-state index contributed by atoms with van der Waals surface area (Å²) in [5.41, 5.74) is 0. The minimum absolute atomic E-state index is 0.202. The Bertz CT molecular complexity index is 383. The summed E-state index contributed by atoms with van der Waals surface area (Å²) in [6.45, 7) is 5.01. The average molecular weight is 271 g/mol. The van der Waals surface area contributed by atoms with E-state index in [-0.39, 0.29) is 12.0 Å². The van der Waals surface area contributed by atoms with Gasteiger partial charge in [-0.3, -0.25) is 4.90 Å². The third-order valence-corrected chi connectivity index (χ3v) is 4.35. The first-order chi connectivity index (χ1) is 8.58. The maximum Gasteiger partial charge on any atom is 0.229 e. The molecule has 5 nitrogen and oxygen atoms in total. The van der Waals surface area contributed by atoms with Crippen molar-refractivity contribution in [1.82, 2.24) is 15.0 Å². The van der Waals surface area contributed by atoms with Crippen LogP contribution >= 0.6 is 11.8 Å². The van der Waals surface area contributed by atoms with E-state index in [4.69, 9.17) is 4.52 Å². The van der Waals surface area contributed by atoms with Gasteiger partial charge < -0.3 is 9.63 Å². The normalized spacial score (nSPS) is 23.5. The fourth-order valence-electron chi connectivity index (χ4n) is 1.86. The van der Waals surface area contributed by atoms with Crippen molar-refractivity contribution >= 4 is 11.8 Å². The summed E-state index contributed by atoms with van der Waals surface area (Å²) in [6.07, 6.45) is 0.0191. The molecule has 2 unspecified atom stereocenters. The minimum Gasteiger partial charge on any atom is -0.392 e. The zero-order valence-electron chi connectivity index (χ0n) is 11.2. The standard InChI is InChI=1S/C12H21N3O2S/c1-8(2)10(16)6-11-13-12(14-17-11)9-7-18-5-4-15(9)3/h8-10,16H,4-7H2,1-3H3. The van der Waals surface area contributed by atoms with E-state index in [1.54, 1.807) is 0 Å². The molecule has 1 fully saturated rings. The fraction of sp³-hybridized carbons (Fsp3) is 0.833. The number of nitrogens with zero attached hydrogens (tertiary/aromatic N) is 3. The molecule has 0 aliphatic carbocycles. The van der Waals surface area contributed by atoms with Crippen LogP contribution in [0.3, 0.4) is 0 Å². The summed E-state index contributed by atoms with van der Waals surface area (Å²) in [6, 6.07) is 0.234. The van der Waals surface area contributed by atoms with Crippen LogP contribution in [0, 0.1) is 5.92 Å². The van der Waals surface area contributed by atoms with Crippen LogP contribution in [-0.2, 0) is 6.42 Å². The van der Waals surface area contributed by atoms with E-state index >= 15 is 0 Å². The molecule has 1 N–H and O–H groups in total. The molecule has 2 rings (SSSR count). The Morgan fingerprint density at radius 3 is 3.00 bits per heavy atom. The predicted octanol–water partition coefficient (Wildman–Crippen LogP) is 1.35. The van der Waals surface area contributed by atoms with Gasteiger partial charge in [0.25, 0.3) is 0 Å². The molecule has 0 bridgehead atoms. The maximum absolute atomic E-state index is 9.81. The van der Waals surface area contributed by atoms with Crippen molar-refractivity contribution in [3.8, 4) is 0 Å². The minimum atomic E-state index is -0.420. The zero-order chi connectivity index (χ0) is 13.1. The highest BCUT2D eigenvalue weighted by molar-refractivity contribution is 7.99. The second-order valence-electron chi connectivity index (χ2n) is 5.13. The van der Waals surface area contributed by atoms with Crippen LogP contribution in [0.15, 0.2) is 4.52 Å². The van der Waals surface area contributed by atoms with Gasteiger partial charge in [0.2, 0.25) is 5.89 Å². The van der Waals surface area contributed by atoms with Crippen LogP contribution in [0.25, 0.3) is 0 Å². The van der Waals surface area contributed by atoms with Gasteiger partial charge in [0.1, 0.15) is 0 Å². The molecule has 2 atom stereocenters. The van der Waals surface area contributed by atoms with Gasteiger partial charge in [-0.15, -0.1) is 0 Å². The lowest BCUT2D eigenvalue weighted by molar-refractivity contribution is 0.116. The predicted molar refractivity (Wildman–Crippen MR) is 71.5 cm³/mol. The summed E-state index contributed by atoms with van der Waals surface area (Å²) < 4.78 is 5.23. The van der Waals surface area contributed by atoms with E-state index in [2.05, 4.69) is 22.1 Å². The molecule has 6 heteroatoms. The van der Waals surface area contributed by atoms with E-state index in [0.29, 0.717) is 12.3 Å². The zero-order valence-corrected chi connectivity index (χ0v) is 12.0. The third kappa shape index (κ3) is 3.24. The Hall–Kier alpha value is -0.590. The topological polar surface area (TPSA) is 62.4 Å². The third-order valence-electron chi connectivity index (χ3n) is 3.33. The van der Waals surface area contributed by atoms with E-state index in [9.17, 15) is 5.11 Å². The molecule has 0 saturated carbocycles. The second kappa shape index (κ2) is 6.04. The van der Waals surface area contributed by atoms with Gasteiger partial charge in [0, 0.05) is 18.1 Å². The van der Waals surface area contributed by atoms with Gasteiger partial charge >= 0.3 is 0 Å². The van der Waals surface area contributed by atoms with Gasteiger partial charge in [0.05, 0.1) is 18.6 Å². The van der Waals surface area contributed by atoms with Crippen molar-refractivity contribution in [2.45, 2.75) is 32.4 Å². The van der Waals surface area contributed by atoms with E-state index in [0.717, 1.165) is 23.9 Å². The summed E-state index contributed by atoms with van der Waals surface area (Å²) >= 11 is 1.92. The highest BCUT2D eigenvalue weighted by Gasteiger charge is 2.26. The molecular formula is C12H21N3O2S. The van der Waals surface area contributed by atoms with Crippen LogP contribution in [0.1, 0.15) is 31.6 Å². The first kappa shape index (κ1) is 13.8. The van der Waals surface area contributed by atoms with Gasteiger partial charge in [-0.2, -0.15) is 16.7 Å². The van der Waals surface area contributed by atoms with Gasteiger partial charge in [-0.05, 0) is 13.0 Å². The number of aliphatic hydroxyl groups excluding tert-OH is 1. The molecule has 2 heterocycles. The van der Waals surface area contributed by atoms with Crippen LogP contribution in [0.5, 0.6) is 0 Å². The van der Waals surface area contributed by atoms with Crippen molar-refractivity contribution < 1.29 is 9.63 Å². The lowest BCUT2D eigenvalue weighted by Gasteiger charge is -2.29. The number of hydrogen-bond donors (Lipinski definition) is 1. The fourth-order valence-corrected chi connectivity index (χ4v) is 3.07. The smallest absolute Gasteiger partial charge is 0.229 e. The number of aromatic nitrogens is 2. The first-order valence-corrected chi connectivity index (χ1v) is 7.52. The first-order valence-electron chi connectivity index (χ1n) is 6.36. The summed E-state index contributed by atoms with van der Waals surface area (Å²) in [5, 5.41) is 13.9. The summed E-state index contributed by atoms with van der Waals surface area (Å²) in [4.78, 5) is 6.67. The molecule has 1 aliphatic rings. The van der Waals surface area contributed by atoms with Gasteiger partial charge in [-0.25, -0.2) is 0 Å². The van der Waals surface area contributed by atoms with E-state index < -0.39 is 6.10 Å². The molecule has 0 amide bonds. The largest absolute Gasteiger partial charge is 0.392 e. The molecule has 18 heavy (non-hydrogen) atoms. The lowest BCUT2D eigenvalue weighted by atomic mass is 10.0. The number of rotatable bonds is 4. The maximum atomic E-state index is 9.81. The molecule has 0 aromatic carbocycles. The number of aliphatic hydroxyl groups is 1. The van der Waals surface area contributed by atoms with Crippen molar-refractivity contribution in [1.29, 1.82) is 0 Å². The Morgan fingerprint density at radius 2 is 2.33 bits per heavy atom. The van der Waals surface area contributed by atoms with E-state index in [1.807, 2.05) is 25.6 Å². The monoisotopic (exact) mass is 271 g/mol. The Morgan fingerprint density at radius 1 is 1.56 bits per heavy atom. The second-order valence-corrected chi connectivity index (χ2v) is 6.28. The van der Waals surface area contributed by atoms with Crippen LogP contribution in [-0.4, -0.2) is 51.3 Å². The lowest BCUT2D eigenvalue weighted by Crippen LogP contribution is -2.33.